The SMILES string of the molecule is O=C(Cn1c(=O)c(F)cn(C2CCCO2)c1=O)Nc1ccc(S(=O)(=O)N2CCCC2)cc1. The number of halogens is 1. The van der Waals surface area contributed by atoms with Crippen molar-refractivity contribution in [2.75, 3.05) is 25.0 Å². The highest BCUT2D eigenvalue weighted by Crippen LogP contribution is 2.22. The number of rotatable bonds is 6. The number of aromatic nitrogens is 2. The van der Waals surface area contributed by atoms with Gasteiger partial charge in [-0.15, -0.1) is 0 Å². The maximum atomic E-state index is 14.1. The maximum Gasteiger partial charge on any atom is 0.333 e. The van der Waals surface area contributed by atoms with E-state index < -0.39 is 45.8 Å². The molecule has 12 heteroatoms. The standard InChI is InChI=1S/C20H23FN4O6S/c21-16-12-24(18-4-3-11-31-18)20(28)25(19(16)27)13-17(26)22-14-5-7-15(8-6-14)32(29,30)23-9-1-2-10-23/h5-8,12,18H,1-4,9-11,13H2,(H,22,26). The first kappa shape index (κ1) is 22.4. The molecule has 0 saturated carbocycles. The minimum absolute atomic E-state index is 0.109. The van der Waals surface area contributed by atoms with E-state index in [4.69, 9.17) is 4.74 Å². The van der Waals surface area contributed by atoms with Crippen LogP contribution in [-0.4, -0.2) is 47.5 Å². The van der Waals surface area contributed by atoms with Gasteiger partial charge in [0, 0.05) is 25.4 Å². The second-order valence-electron chi connectivity index (χ2n) is 7.71. The van der Waals surface area contributed by atoms with Crippen LogP contribution in [0.1, 0.15) is 31.9 Å². The molecule has 2 saturated heterocycles. The van der Waals surface area contributed by atoms with Crippen LogP contribution in [0, 0.1) is 5.82 Å². The van der Waals surface area contributed by atoms with Gasteiger partial charge in [-0.05, 0) is 49.9 Å². The van der Waals surface area contributed by atoms with Crippen LogP contribution in [0.4, 0.5) is 10.1 Å². The van der Waals surface area contributed by atoms with Crippen LogP contribution in [0.25, 0.3) is 0 Å². The largest absolute Gasteiger partial charge is 0.358 e. The third kappa shape index (κ3) is 4.38. The maximum absolute atomic E-state index is 14.1. The number of carbonyl (C=O) groups is 1. The molecule has 2 fully saturated rings. The third-order valence-electron chi connectivity index (χ3n) is 5.51. The lowest BCUT2D eigenvalue weighted by Gasteiger charge is -2.16. The van der Waals surface area contributed by atoms with Gasteiger partial charge in [-0.2, -0.15) is 8.70 Å². The normalized spacial score (nSPS) is 19.3. The molecule has 0 spiro atoms. The zero-order chi connectivity index (χ0) is 22.9. The van der Waals surface area contributed by atoms with Gasteiger partial charge in [-0.1, -0.05) is 0 Å². The Labute approximate surface area is 183 Å². The fourth-order valence-corrected chi connectivity index (χ4v) is 5.36. The molecule has 0 aliphatic carbocycles. The second kappa shape index (κ2) is 8.96. The summed E-state index contributed by atoms with van der Waals surface area (Å²) in [5.41, 5.74) is -1.77. The number of ether oxygens (including phenoxy) is 1. The van der Waals surface area contributed by atoms with Crippen molar-refractivity contribution < 1.29 is 22.3 Å². The van der Waals surface area contributed by atoms with E-state index in [1.807, 2.05) is 0 Å². The Kier molecular flexibility index (Phi) is 6.26. The predicted octanol–water partition coefficient (Wildman–Crippen LogP) is 0.881. The third-order valence-corrected chi connectivity index (χ3v) is 7.43. The van der Waals surface area contributed by atoms with Crippen molar-refractivity contribution in [1.82, 2.24) is 13.4 Å². The van der Waals surface area contributed by atoms with Gasteiger partial charge >= 0.3 is 5.69 Å². The van der Waals surface area contributed by atoms with Gasteiger partial charge in [0.25, 0.3) is 5.56 Å². The van der Waals surface area contributed by atoms with Gasteiger partial charge < -0.3 is 10.1 Å². The molecule has 1 atom stereocenters. The molecule has 2 aromatic rings. The molecule has 1 N–H and O–H groups in total. The molecule has 2 aliphatic rings. The van der Waals surface area contributed by atoms with E-state index in [2.05, 4.69) is 5.32 Å². The summed E-state index contributed by atoms with van der Waals surface area (Å²) >= 11 is 0. The van der Waals surface area contributed by atoms with Crippen molar-refractivity contribution in [3.05, 3.63) is 57.1 Å². The highest BCUT2D eigenvalue weighted by molar-refractivity contribution is 7.89. The highest BCUT2D eigenvalue weighted by atomic mass is 32.2. The van der Waals surface area contributed by atoms with E-state index in [1.54, 1.807) is 0 Å². The quantitative estimate of drug-likeness (QED) is 0.675. The molecule has 32 heavy (non-hydrogen) atoms. The summed E-state index contributed by atoms with van der Waals surface area (Å²) in [5.74, 6) is -1.90. The zero-order valence-corrected chi connectivity index (χ0v) is 18.0. The monoisotopic (exact) mass is 466 g/mol. The van der Waals surface area contributed by atoms with Crippen LogP contribution in [0.5, 0.6) is 0 Å². The fraction of sp³-hybridized carbons (Fsp3) is 0.450. The summed E-state index contributed by atoms with van der Waals surface area (Å²) in [7, 11) is -3.58. The Bertz CT molecular complexity index is 1230. The number of hydrogen-bond acceptors (Lipinski definition) is 6. The van der Waals surface area contributed by atoms with E-state index in [1.165, 1.54) is 28.6 Å². The van der Waals surface area contributed by atoms with Crippen LogP contribution in [0.15, 0.2) is 44.9 Å². The lowest BCUT2D eigenvalue weighted by Crippen LogP contribution is -2.44. The molecule has 1 unspecified atom stereocenters. The molecule has 0 radical (unpaired) electrons. The molecule has 1 amide bonds. The van der Waals surface area contributed by atoms with E-state index in [0.717, 1.165) is 23.6 Å². The van der Waals surface area contributed by atoms with Gasteiger partial charge in [0.15, 0.2) is 0 Å². The summed E-state index contributed by atoms with van der Waals surface area (Å²) in [6, 6.07) is 5.59. The Morgan fingerprint density at radius 3 is 2.44 bits per heavy atom. The minimum Gasteiger partial charge on any atom is -0.358 e. The lowest BCUT2D eigenvalue weighted by molar-refractivity contribution is -0.116. The summed E-state index contributed by atoms with van der Waals surface area (Å²) in [4.78, 5) is 37.3. The smallest absolute Gasteiger partial charge is 0.333 e. The van der Waals surface area contributed by atoms with E-state index >= 15 is 0 Å². The molecule has 10 nitrogen and oxygen atoms in total. The number of anilines is 1. The summed E-state index contributed by atoms with van der Waals surface area (Å²) in [6.45, 7) is 0.678. The Morgan fingerprint density at radius 1 is 1.12 bits per heavy atom. The van der Waals surface area contributed by atoms with E-state index in [0.29, 0.717) is 37.1 Å². The van der Waals surface area contributed by atoms with Crippen LogP contribution < -0.4 is 16.6 Å². The molecular weight excluding hydrogens is 443 g/mol. The van der Waals surface area contributed by atoms with Crippen molar-refractivity contribution in [3.63, 3.8) is 0 Å². The summed E-state index contributed by atoms with van der Waals surface area (Å²) in [5, 5.41) is 2.49. The van der Waals surface area contributed by atoms with Gasteiger partial charge in [0.2, 0.25) is 21.7 Å². The second-order valence-corrected chi connectivity index (χ2v) is 9.65. The van der Waals surface area contributed by atoms with Crippen LogP contribution in [0.3, 0.4) is 0 Å². The zero-order valence-electron chi connectivity index (χ0n) is 17.2. The Balaban J connectivity index is 1.49. The molecule has 1 aromatic heterocycles. The van der Waals surface area contributed by atoms with E-state index in [-0.39, 0.29) is 10.6 Å². The fourth-order valence-electron chi connectivity index (χ4n) is 3.85. The molecule has 3 heterocycles. The number of amides is 1. The van der Waals surface area contributed by atoms with Gasteiger partial charge in [-0.3, -0.25) is 14.2 Å². The van der Waals surface area contributed by atoms with Gasteiger partial charge in [0.05, 0.1) is 11.1 Å². The lowest BCUT2D eigenvalue weighted by atomic mass is 10.3. The number of nitrogens with one attached hydrogen (secondary N) is 1. The number of benzene rings is 1. The van der Waals surface area contributed by atoms with Crippen molar-refractivity contribution in [1.29, 1.82) is 0 Å². The first-order valence-corrected chi connectivity index (χ1v) is 11.7. The number of carbonyl (C=O) groups excluding carboxylic acids is 1. The van der Waals surface area contributed by atoms with Gasteiger partial charge in [0.1, 0.15) is 12.8 Å². The van der Waals surface area contributed by atoms with Crippen molar-refractivity contribution in [2.24, 2.45) is 0 Å². The first-order chi connectivity index (χ1) is 15.3. The van der Waals surface area contributed by atoms with Crippen molar-refractivity contribution >= 4 is 21.6 Å². The number of nitrogens with zero attached hydrogens (tertiary/aromatic N) is 3. The average molecular weight is 466 g/mol. The molecule has 4 rings (SSSR count). The van der Waals surface area contributed by atoms with E-state index in [9.17, 15) is 27.2 Å². The Hall–Kier alpha value is -2.83. The number of sulfonamides is 1. The summed E-state index contributed by atoms with van der Waals surface area (Å²) < 4.78 is 47.5. The highest BCUT2D eigenvalue weighted by Gasteiger charge is 2.27. The Morgan fingerprint density at radius 2 is 1.81 bits per heavy atom. The molecular formula is C20H23FN4O6S. The van der Waals surface area contributed by atoms with Crippen LogP contribution >= 0.6 is 0 Å². The summed E-state index contributed by atoms with van der Waals surface area (Å²) in [6.07, 6.45) is 2.95. The molecule has 1 aromatic carbocycles. The van der Waals surface area contributed by atoms with Crippen LogP contribution in [0.2, 0.25) is 0 Å². The van der Waals surface area contributed by atoms with Crippen molar-refractivity contribution in [3.8, 4) is 0 Å². The molecule has 0 bridgehead atoms. The predicted molar refractivity (Wildman–Crippen MR) is 112 cm³/mol. The number of hydrogen-bond donors (Lipinski definition) is 1. The molecule has 172 valence electrons. The average Bonchev–Trinajstić information content (AvgIpc) is 3.49. The molecule has 2 aliphatic heterocycles. The minimum atomic E-state index is -3.58. The first-order valence-electron chi connectivity index (χ1n) is 10.3. The van der Waals surface area contributed by atoms with Crippen molar-refractivity contribution in [2.45, 2.75) is 43.4 Å². The topological polar surface area (TPSA) is 120 Å². The van der Waals surface area contributed by atoms with Crippen LogP contribution in [-0.2, 0) is 26.1 Å². The van der Waals surface area contributed by atoms with Gasteiger partial charge in [-0.25, -0.2) is 17.8 Å².